The molecule has 42 heavy (non-hydrogen) atoms. The molecular formula is C27H21F7N2O4S2. The summed E-state index contributed by atoms with van der Waals surface area (Å²) in [6, 6.07) is 10.6. The molecule has 1 aliphatic heterocycles. The van der Waals surface area contributed by atoms with Crippen LogP contribution in [0.25, 0.3) is 6.08 Å². The van der Waals surface area contributed by atoms with Gasteiger partial charge in [0.15, 0.2) is 0 Å². The summed E-state index contributed by atoms with van der Waals surface area (Å²) in [6.45, 7) is 0.842. The molecule has 4 rings (SSSR count). The number of carbonyl (C=O) groups excluding carboxylic acids is 1. The maximum absolute atomic E-state index is 14.2. The summed E-state index contributed by atoms with van der Waals surface area (Å²) in [6.07, 6.45) is -9.38. The van der Waals surface area contributed by atoms with Crippen molar-refractivity contribution in [1.82, 2.24) is 4.90 Å². The van der Waals surface area contributed by atoms with Gasteiger partial charge in [-0.1, -0.05) is 23.9 Å². The first kappa shape index (κ1) is 31.4. The Morgan fingerprint density at radius 2 is 1.55 bits per heavy atom. The molecule has 0 aliphatic carbocycles. The Bertz CT molecular complexity index is 1580. The van der Waals surface area contributed by atoms with Gasteiger partial charge in [-0.2, -0.15) is 26.3 Å². The van der Waals surface area contributed by atoms with E-state index in [0.717, 1.165) is 48.5 Å². The second-order valence-corrected chi connectivity index (χ2v) is 11.7. The van der Waals surface area contributed by atoms with E-state index in [1.807, 2.05) is 0 Å². The summed E-state index contributed by atoms with van der Waals surface area (Å²) in [4.78, 5) is 12.6. The number of ether oxygens (including phenoxy) is 1. The van der Waals surface area contributed by atoms with E-state index in [1.54, 1.807) is 0 Å². The van der Waals surface area contributed by atoms with Gasteiger partial charge in [0.25, 0.3) is 10.0 Å². The minimum Gasteiger partial charge on any atom is -0.378 e. The number of hydrogen-bond acceptors (Lipinski definition) is 5. The van der Waals surface area contributed by atoms with Crippen LogP contribution < -0.4 is 4.72 Å². The lowest BCUT2D eigenvalue weighted by Crippen LogP contribution is -2.39. The van der Waals surface area contributed by atoms with E-state index in [1.165, 1.54) is 23.1 Å². The highest BCUT2D eigenvalue weighted by Gasteiger charge is 2.46. The largest absolute Gasteiger partial charge is 0.418 e. The summed E-state index contributed by atoms with van der Waals surface area (Å²) >= 11 is 0.348. The molecule has 3 aromatic carbocycles. The van der Waals surface area contributed by atoms with Crippen LogP contribution in [0.1, 0.15) is 16.7 Å². The van der Waals surface area contributed by atoms with Crippen LogP contribution in [0.3, 0.4) is 0 Å². The minimum atomic E-state index is -5.44. The number of morpholine rings is 1. The molecule has 0 radical (unpaired) electrons. The third-order valence-electron chi connectivity index (χ3n) is 5.93. The van der Waals surface area contributed by atoms with Gasteiger partial charge in [-0.25, -0.2) is 12.8 Å². The number of alkyl halides is 6. The lowest BCUT2D eigenvalue weighted by atomic mass is 9.99. The molecule has 0 aromatic heterocycles. The zero-order chi connectivity index (χ0) is 30.7. The van der Waals surface area contributed by atoms with Crippen LogP contribution in [0.15, 0.2) is 81.4 Å². The highest BCUT2D eigenvalue weighted by Crippen LogP contribution is 2.48. The van der Waals surface area contributed by atoms with Crippen LogP contribution in [0.2, 0.25) is 0 Å². The maximum atomic E-state index is 14.2. The predicted octanol–water partition coefficient (Wildman–Crippen LogP) is 6.69. The van der Waals surface area contributed by atoms with Gasteiger partial charge in [0.2, 0.25) is 5.91 Å². The number of nitrogens with one attached hydrogen (secondary N) is 1. The normalized spacial score (nSPS) is 14.8. The van der Waals surface area contributed by atoms with Crippen LogP contribution in [-0.2, 0) is 31.9 Å². The molecule has 0 spiro atoms. The molecule has 0 bridgehead atoms. The molecule has 1 amide bonds. The summed E-state index contributed by atoms with van der Waals surface area (Å²) in [7, 11) is -4.20. The zero-order valence-electron chi connectivity index (χ0n) is 21.3. The first-order valence-corrected chi connectivity index (χ1v) is 14.4. The minimum absolute atomic E-state index is 0.00119. The lowest BCUT2D eigenvalue weighted by molar-refractivity contribution is -0.163. The number of anilines is 1. The number of amides is 1. The number of carbonyl (C=O) groups is 1. The molecule has 0 saturated carbocycles. The fourth-order valence-corrected chi connectivity index (χ4v) is 6.13. The average molecular weight is 635 g/mol. The highest BCUT2D eigenvalue weighted by molar-refractivity contribution is 7.99. The number of hydrogen-bond donors (Lipinski definition) is 1. The second-order valence-electron chi connectivity index (χ2n) is 8.86. The number of rotatable bonds is 7. The van der Waals surface area contributed by atoms with Crippen molar-refractivity contribution in [1.29, 1.82) is 0 Å². The van der Waals surface area contributed by atoms with Gasteiger partial charge in [-0.15, -0.1) is 0 Å². The van der Waals surface area contributed by atoms with E-state index in [0.29, 0.717) is 17.8 Å². The summed E-state index contributed by atoms with van der Waals surface area (Å²) in [5, 5.41) is 0. The predicted molar refractivity (Wildman–Crippen MR) is 141 cm³/mol. The van der Waals surface area contributed by atoms with Crippen molar-refractivity contribution in [3.05, 3.63) is 89.2 Å². The fourth-order valence-electron chi connectivity index (χ4n) is 4.04. The monoisotopic (exact) mass is 634 g/mol. The van der Waals surface area contributed by atoms with Crippen molar-refractivity contribution in [2.24, 2.45) is 0 Å². The summed E-state index contributed by atoms with van der Waals surface area (Å²) in [5.74, 6) is -1.34. The molecule has 15 heteroatoms. The van der Waals surface area contributed by atoms with Crippen LogP contribution in [0.4, 0.5) is 36.4 Å². The molecule has 1 saturated heterocycles. The number of nitrogens with zero attached hydrogens (tertiary/aromatic N) is 1. The van der Waals surface area contributed by atoms with Gasteiger partial charge in [0.1, 0.15) is 5.82 Å². The Morgan fingerprint density at radius 3 is 2.17 bits per heavy atom. The highest BCUT2D eigenvalue weighted by atomic mass is 32.2. The summed E-state index contributed by atoms with van der Waals surface area (Å²) in [5.41, 5.74) is -4.84. The Kier molecular flexibility index (Phi) is 9.23. The maximum Gasteiger partial charge on any atom is 0.418 e. The van der Waals surface area contributed by atoms with E-state index < -0.39 is 55.7 Å². The molecule has 1 fully saturated rings. The number of sulfonamides is 1. The fraction of sp³-hybridized carbons (Fsp3) is 0.222. The third kappa shape index (κ3) is 7.63. The molecule has 0 atom stereocenters. The lowest BCUT2D eigenvalue weighted by Gasteiger charge is -2.25. The van der Waals surface area contributed by atoms with Crippen LogP contribution in [0.5, 0.6) is 0 Å². The molecule has 1 N–H and O–H groups in total. The Hall–Kier alpha value is -3.56. The van der Waals surface area contributed by atoms with Crippen molar-refractivity contribution in [3.63, 3.8) is 0 Å². The van der Waals surface area contributed by atoms with Crippen LogP contribution >= 0.6 is 11.8 Å². The van der Waals surface area contributed by atoms with E-state index in [2.05, 4.69) is 4.72 Å². The van der Waals surface area contributed by atoms with Gasteiger partial charge in [0.05, 0.1) is 29.2 Å². The van der Waals surface area contributed by atoms with Gasteiger partial charge < -0.3 is 9.64 Å². The second kappa shape index (κ2) is 12.4. The van der Waals surface area contributed by atoms with Crippen molar-refractivity contribution in [2.45, 2.75) is 27.0 Å². The zero-order valence-corrected chi connectivity index (χ0v) is 22.9. The Morgan fingerprint density at radius 1 is 0.905 bits per heavy atom. The molecule has 3 aromatic rings. The molecule has 224 valence electrons. The van der Waals surface area contributed by atoms with E-state index in [-0.39, 0.29) is 41.8 Å². The third-order valence-corrected chi connectivity index (χ3v) is 8.38. The van der Waals surface area contributed by atoms with Crippen molar-refractivity contribution in [3.8, 4) is 0 Å². The first-order chi connectivity index (χ1) is 19.6. The smallest absolute Gasteiger partial charge is 0.378 e. The van der Waals surface area contributed by atoms with Gasteiger partial charge in [-0.05, 0) is 60.2 Å². The van der Waals surface area contributed by atoms with E-state index in [4.69, 9.17) is 4.74 Å². The van der Waals surface area contributed by atoms with Gasteiger partial charge >= 0.3 is 12.4 Å². The number of halogens is 7. The quantitative estimate of drug-likeness (QED) is 0.232. The molecule has 1 heterocycles. The Labute approximate surface area is 240 Å². The van der Waals surface area contributed by atoms with Crippen LogP contribution in [0, 0.1) is 5.82 Å². The van der Waals surface area contributed by atoms with E-state index in [9.17, 15) is 43.9 Å². The number of benzene rings is 3. The SMILES string of the molecule is O=C(/C=C/c1ccc(Sc2cccc(NS(=O)(=O)c3ccc(F)cc3)c2)c(C(F)(F)F)c1C(F)(F)F)N1CCOCC1. The molecule has 6 nitrogen and oxygen atoms in total. The molecular weight excluding hydrogens is 613 g/mol. The van der Waals surface area contributed by atoms with Gasteiger partial charge in [0, 0.05) is 34.6 Å². The molecule has 0 unspecified atom stereocenters. The van der Waals surface area contributed by atoms with Crippen molar-refractivity contribution < 1.29 is 48.7 Å². The first-order valence-electron chi connectivity index (χ1n) is 12.1. The van der Waals surface area contributed by atoms with Gasteiger partial charge in [-0.3, -0.25) is 9.52 Å². The van der Waals surface area contributed by atoms with Crippen molar-refractivity contribution in [2.75, 3.05) is 31.0 Å². The van der Waals surface area contributed by atoms with Crippen molar-refractivity contribution >= 4 is 39.5 Å². The van der Waals surface area contributed by atoms with E-state index >= 15 is 0 Å². The standard InChI is InChI=1S/C27H21F7N2O4S2/c28-18-6-8-21(9-7-18)42(38,39)35-19-2-1-3-20(16-19)41-22-10-4-17(5-11-23(37)36-12-14-40-15-13-36)24(26(29,30)31)25(22)27(32,33)34/h1-11,16,35H,12-15H2/b11-5+. The Balaban J connectivity index is 1.68. The summed E-state index contributed by atoms with van der Waals surface area (Å²) < 4.78 is 131. The average Bonchev–Trinajstić information content (AvgIpc) is 2.91. The molecule has 1 aliphatic rings. The topological polar surface area (TPSA) is 75.7 Å². The van der Waals surface area contributed by atoms with Crippen LogP contribution in [-0.4, -0.2) is 45.5 Å².